The first-order valence-electron chi connectivity index (χ1n) is 5.15. The van der Waals surface area contributed by atoms with E-state index in [0.717, 1.165) is 11.1 Å². The molecule has 0 aliphatic carbocycles. The fourth-order valence-electron chi connectivity index (χ4n) is 1.45. The van der Waals surface area contributed by atoms with Gasteiger partial charge in [-0.1, -0.05) is 24.1 Å². The van der Waals surface area contributed by atoms with E-state index in [1.807, 2.05) is 30.3 Å². The van der Waals surface area contributed by atoms with E-state index in [-0.39, 0.29) is 0 Å². The van der Waals surface area contributed by atoms with Crippen molar-refractivity contribution in [1.29, 1.82) is 0 Å². The molecule has 0 fully saturated rings. The van der Waals surface area contributed by atoms with E-state index >= 15 is 0 Å². The molecule has 2 aromatic heterocycles. The molecule has 2 heterocycles. The van der Waals surface area contributed by atoms with Gasteiger partial charge in [-0.05, 0) is 18.1 Å². The van der Waals surface area contributed by atoms with Crippen LogP contribution < -0.4 is 0 Å². The molecule has 17 heavy (non-hydrogen) atoms. The SMILES string of the molecule is C(#Cc1ncc2[nH]cnc2n1)c1ccccc1. The average molecular weight is 220 g/mol. The zero-order chi connectivity index (χ0) is 11.5. The van der Waals surface area contributed by atoms with Crippen LogP contribution in [0.25, 0.3) is 11.2 Å². The maximum atomic E-state index is 4.22. The highest BCUT2D eigenvalue weighted by Crippen LogP contribution is 2.03. The second kappa shape index (κ2) is 4.06. The highest BCUT2D eigenvalue weighted by Gasteiger charge is 1.98. The Morgan fingerprint density at radius 3 is 2.76 bits per heavy atom. The lowest BCUT2D eigenvalue weighted by atomic mass is 10.2. The van der Waals surface area contributed by atoms with E-state index in [2.05, 4.69) is 31.8 Å². The summed E-state index contributed by atoms with van der Waals surface area (Å²) < 4.78 is 0. The fraction of sp³-hybridized carbons (Fsp3) is 0. The lowest BCUT2D eigenvalue weighted by molar-refractivity contribution is 1.16. The Bertz CT molecular complexity index is 704. The van der Waals surface area contributed by atoms with Crippen molar-refractivity contribution in [3.8, 4) is 11.8 Å². The number of fused-ring (bicyclic) bond motifs is 1. The molecule has 1 N–H and O–H groups in total. The summed E-state index contributed by atoms with van der Waals surface area (Å²) in [6.07, 6.45) is 3.28. The predicted molar refractivity (Wildman–Crippen MR) is 64.1 cm³/mol. The third-order valence-electron chi connectivity index (χ3n) is 2.27. The van der Waals surface area contributed by atoms with Gasteiger partial charge in [-0.15, -0.1) is 0 Å². The molecule has 0 atom stereocenters. The second-order valence-electron chi connectivity index (χ2n) is 3.45. The van der Waals surface area contributed by atoms with Crippen LogP contribution in [0.2, 0.25) is 0 Å². The molecule has 0 saturated heterocycles. The summed E-state index contributed by atoms with van der Waals surface area (Å²) in [4.78, 5) is 15.4. The van der Waals surface area contributed by atoms with Gasteiger partial charge in [0.15, 0.2) is 5.65 Å². The van der Waals surface area contributed by atoms with Gasteiger partial charge in [0.1, 0.15) is 5.52 Å². The van der Waals surface area contributed by atoms with Crippen LogP contribution in [0.1, 0.15) is 11.4 Å². The topological polar surface area (TPSA) is 54.5 Å². The van der Waals surface area contributed by atoms with E-state index in [0.29, 0.717) is 11.5 Å². The van der Waals surface area contributed by atoms with Gasteiger partial charge in [-0.25, -0.2) is 9.97 Å². The lowest BCUT2D eigenvalue weighted by Gasteiger charge is -1.89. The van der Waals surface area contributed by atoms with Gasteiger partial charge < -0.3 is 4.98 Å². The maximum absolute atomic E-state index is 4.22. The molecule has 0 unspecified atom stereocenters. The van der Waals surface area contributed by atoms with Gasteiger partial charge in [0.25, 0.3) is 0 Å². The van der Waals surface area contributed by atoms with Crippen molar-refractivity contribution < 1.29 is 0 Å². The first-order valence-corrected chi connectivity index (χ1v) is 5.15. The third kappa shape index (κ3) is 1.99. The van der Waals surface area contributed by atoms with Crippen molar-refractivity contribution in [3.63, 3.8) is 0 Å². The Balaban J connectivity index is 1.97. The molecule has 4 nitrogen and oxygen atoms in total. The van der Waals surface area contributed by atoms with Crippen LogP contribution in [0, 0.1) is 11.8 Å². The van der Waals surface area contributed by atoms with Crippen molar-refractivity contribution in [3.05, 3.63) is 54.2 Å². The smallest absolute Gasteiger partial charge is 0.207 e. The molecule has 4 heteroatoms. The molecule has 0 aliphatic heterocycles. The monoisotopic (exact) mass is 220 g/mol. The summed E-state index contributed by atoms with van der Waals surface area (Å²) in [5.74, 6) is 6.40. The number of nitrogens with zero attached hydrogens (tertiary/aromatic N) is 3. The molecule has 0 spiro atoms. The van der Waals surface area contributed by atoms with Gasteiger partial charge in [0.05, 0.1) is 12.5 Å². The molecule has 3 aromatic rings. The van der Waals surface area contributed by atoms with E-state index in [1.54, 1.807) is 12.5 Å². The molecule has 0 amide bonds. The normalized spacial score (nSPS) is 9.88. The van der Waals surface area contributed by atoms with E-state index in [1.165, 1.54) is 0 Å². The number of aromatic nitrogens is 4. The van der Waals surface area contributed by atoms with Gasteiger partial charge in [-0.2, -0.15) is 4.98 Å². The Kier molecular flexibility index (Phi) is 2.28. The summed E-state index contributed by atoms with van der Waals surface area (Å²) in [6.45, 7) is 0. The molecule has 0 saturated carbocycles. The summed E-state index contributed by atoms with van der Waals surface area (Å²) in [5.41, 5.74) is 2.39. The second-order valence-corrected chi connectivity index (χ2v) is 3.45. The number of hydrogen-bond donors (Lipinski definition) is 1. The van der Waals surface area contributed by atoms with Crippen molar-refractivity contribution in [1.82, 2.24) is 19.9 Å². The van der Waals surface area contributed by atoms with Crippen molar-refractivity contribution in [2.75, 3.05) is 0 Å². The van der Waals surface area contributed by atoms with E-state index < -0.39 is 0 Å². The van der Waals surface area contributed by atoms with Gasteiger partial charge in [-0.3, -0.25) is 0 Å². The summed E-state index contributed by atoms with van der Waals surface area (Å²) in [7, 11) is 0. The van der Waals surface area contributed by atoms with Crippen LogP contribution in [0.15, 0.2) is 42.9 Å². The van der Waals surface area contributed by atoms with Gasteiger partial charge in [0, 0.05) is 5.56 Å². The van der Waals surface area contributed by atoms with Crippen molar-refractivity contribution in [2.24, 2.45) is 0 Å². The number of imidazole rings is 1. The standard InChI is InChI=1S/C13H8N4/c1-2-4-10(5-3-1)6-7-12-14-8-11-13(17-12)16-9-15-11/h1-5,8-9H,(H,14,15,16,17). The summed E-state index contributed by atoms with van der Waals surface area (Å²) in [6, 6.07) is 9.74. The van der Waals surface area contributed by atoms with Crippen molar-refractivity contribution in [2.45, 2.75) is 0 Å². The lowest BCUT2D eigenvalue weighted by Crippen LogP contribution is -1.88. The summed E-state index contributed by atoms with van der Waals surface area (Å²) >= 11 is 0. The highest BCUT2D eigenvalue weighted by atomic mass is 15.0. The fourth-order valence-corrected chi connectivity index (χ4v) is 1.45. The zero-order valence-electron chi connectivity index (χ0n) is 8.88. The Hall–Kier alpha value is -2.67. The minimum Gasteiger partial charge on any atom is -0.342 e. The van der Waals surface area contributed by atoms with Crippen LogP contribution >= 0.6 is 0 Å². The molecule has 0 aliphatic rings. The number of rotatable bonds is 0. The van der Waals surface area contributed by atoms with E-state index in [9.17, 15) is 0 Å². The summed E-state index contributed by atoms with van der Waals surface area (Å²) in [5, 5.41) is 0. The number of nitrogens with one attached hydrogen (secondary N) is 1. The van der Waals surface area contributed by atoms with Crippen molar-refractivity contribution >= 4 is 11.2 Å². The molecule has 80 valence electrons. The molecular weight excluding hydrogens is 212 g/mol. The Morgan fingerprint density at radius 1 is 1.00 bits per heavy atom. The van der Waals surface area contributed by atoms with Crippen LogP contribution in [-0.4, -0.2) is 19.9 Å². The molecule has 0 radical (unpaired) electrons. The van der Waals surface area contributed by atoms with Gasteiger partial charge >= 0.3 is 0 Å². The Morgan fingerprint density at radius 2 is 1.88 bits per heavy atom. The predicted octanol–water partition coefficient (Wildman–Crippen LogP) is 1.75. The van der Waals surface area contributed by atoms with Crippen LogP contribution in [0.5, 0.6) is 0 Å². The first kappa shape index (κ1) is 9.55. The highest BCUT2D eigenvalue weighted by molar-refractivity contribution is 5.68. The minimum absolute atomic E-state index is 0.480. The zero-order valence-corrected chi connectivity index (χ0v) is 8.88. The molecule has 0 bridgehead atoms. The maximum Gasteiger partial charge on any atom is 0.207 e. The minimum atomic E-state index is 0.480. The number of H-pyrrole nitrogens is 1. The van der Waals surface area contributed by atoms with Crippen LogP contribution in [-0.2, 0) is 0 Å². The average Bonchev–Trinajstić information content (AvgIpc) is 2.85. The quantitative estimate of drug-likeness (QED) is 0.587. The molecule has 3 rings (SSSR count). The Labute approximate surface area is 97.8 Å². The largest absolute Gasteiger partial charge is 0.342 e. The molecular formula is C13H8N4. The first-order chi connectivity index (χ1) is 8.42. The van der Waals surface area contributed by atoms with Crippen LogP contribution in [0.4, 0.5) is 0 Å². The molecule has 1 aromatic carbocycles. The van der Waals surface area contributed by atoms with E-state index in [4.69, 9.17) is 0 Å². The van der Waals surface area contributed by atoms with Gasteiger partial charge in [0.2, 0.25) is 5.82 Å². The van der Waals surface area contributed by atoms with Crippen LogP contribution in [0.3, 0.4) is 0 Å². The number of benzene rings is 1. The number of hydrogen-bond acceptors (Lipinski definition) is 3. The third-order valence-corrected chi connectivity index (χ3v) is 2.27. The number of aromatic amines is 1.